The highest BCUT2D eigenvalue weighted by atomic mass is 35.5. The Balaban J connectivity index is 0.000000321. The van der Waals surface area contributed by atoms with Crippen molar-refractivity contribution in [2.45, 2.75) is 46.6 Å². The molecule has 184 valence electrons. The van der Waals surface area contributed by atoms with E-state index >= 15 is 0 Å². The number of hydrogen-bond acceptors (Lipinski definition) is 4. The number of Topliss-reactive ketones (excluding diaryl/α,β-unsaturated/α-hetero) is 1. The van der Waals surface area contributed by atoms with E-state index < -0.39 is 0 Å². The second kappa shape index (κ2) is 15.6. The van der Waals surface area contributed by atoms with Crippen LogP contribution in [0.1, 0.15) is 61.7 Å². The van der Waals surface area contributed by atoms with Crippen LogP contribution in [0.4, 0.5) is 0 Å². The van der Waals surface area contributed by atoms with Crippen LogP contribution in [0.25, 0.3) is 0 Å². The molecule has 2 N–H and O–H groups in total. The van der Waals surface area contributed by atoms with Crippen LogP contribution in [0, 0.1) is 5.92 Å². The van der Waals surface area contributed by atoms with Gasteiger partial charge in [0.1, 0.15) is 0 Å². The van der Waals surface area contributed by atoms with Crippen LogP contribution < -0.4 is 5.32 Å². The quantitative estimate of drug-likeness (QED) is 0.350. The summed E-state index contributed by atoms with van der Waals surface area (Å²) in [5, 5.41) is 14.8. The monoisotopic (exact) mass is 502 g/mol. The topological polar surface area (TPSA) is 62.2 Å². The second-order valence-electron chi connectivity index (χ2n) is 7.96. The highest BCUT2D eigenvalue weighted by Gasteiger charge is 2.18. The van der Waals surface area contributed by atoms with E-state index in [4.69, 9.17) is 23.2 Å². The number of rotatable bonds is 6. The molecule has 0 bridgehead atoms. The molecule has 1 unspecified atom stereocenters. The number of carbonyl (C=O) groups is 1. The van der Waals surface area contributed by atoms with Gasteiger partial charge in [-0.3, -0.25) is 9.78 Å². The Kier molecular flexibility index (Phi) is 13.7. The van der Waals surface area contributed by atoms with Gasteiger partial charge >= 0.3 is 0 Å². The molecule has 2 aromatic carbocycles. The highest BCUT2D eigenvalue weighted by molar-refractivity contribution is 6.30. The van der Waals surface area contributed by atoms with Gasteiger partial charge in [0.25, 0.3) is 0 Å². The van der Waals surface area contributed by atoms with Crippen LogP contribution in [0.5, 0.6) is 0 Å². The van der Waals surface area contributed by atoms with Crippen molar-refractivity contribution in [2.75, 3.05) is 13.1 Å². The van der Waals surface area contributed by atoms with Gasteiger partial charge in [-0.2, -0.15) is 0 Å². The molecule has 1 atom stereocenters. The first kappa shape index (κ1) is 29.8. The molecular formula is C28H36Cl2N2O2. The molecule has 0 spiro atoms. The first-order valence-electron chi connectivity index (χ1n) is 10.8. The van der Waals surface area contributed by atoms with Crippen molar-refractivity contribution in [2.24, 2.45) is 5.92 Å². The third-order valence-corrected chi connectivity index (χ3v) is 6.05. The number of nitrogens with zero attached hydrogens (tertiary/aromatic N) is 1. The third kappa shape index (κ3) is 9.94. The van der Waals surface area contributed by atoms with Crippen LogP contribution in [0.15, 0.2) is 73.1 Å². The molecule has 34 heavy (non-hydrogen) atoms. The van der Waals surface area contributed by atoms with Crippen LogP contribution in [0.3, 0.4) is 0 Å². The summed E-state index contributed by atoms with van der Waals surface area (Å²) in [4.78, 5) is 15.8. The smallest absolute Gasteiger partial charge is 0.167 e. The largest absolute Gasteiger partial charge is 0.388 e. The maximum Gasteiger partial charge on any atom is 0.167 e. The molecule has 1 aliphatic rings. The number of carbonyl (C=O) groups excluding carboxylic acids is 1. The number of hydrogen-bond donors (Lipinski definition) is 2. The van der Waals surface area contributed by atoms with Gasteiger partial charge in [-0.15, -0.1) is 0 Å². The summed E-state index contributed by atoms with van der Waals surface area (Å²) in [6.07, 6.45) is 6.62. The van der Waals surface area contributed by atoms with Gasteiger partial charge in [0.2, 0.25) is 0 Å². The predicted octanol–water partition coefficient (Wildman–Crippen LogP) is 7.20. The number of aromatic nitrogens is 1. The minimum atomic E-state index is -0.347. The summed E-state index contributed by atoms with van der Waals surface area (Å²) in [6, 6.07) is 18.1. The molecule has 0 radical (unpaired) electrons. The van der Waals surface area contributed by atoms with Gasteiger partial charge in [0.05, 0.1) is 6.10 Å². The lowest BCUT2D eigenvalue weighted by atomic mass is 9.90. The van der Waals surface area contributed by atoms with Crippen LogP contribution in [-0.2, 0) is 6.42 Å². The van der Waals surface area contributed by atoms with E-state index in [2.05, 4.69) is 10.3 Å². The molecule has 1 aliphatic heterocycles. The first-order valence-corrected chi connectivity index (χ1v) is 11.6. The predicted molar refractivity (Wildman–Crippen MR) is 144 cm³/mol. The average molecular weight is 504 g/mol. The summed E-state index contributed by atoms with van der Waals surface area (Å²) in [6.45, 7) is 2.16. The summed E-state index contributed by atoms with van der Waals surface area (Å²) < 4.78 is 0. The summed E-state index contributed by atoms with van der Waals surface area (Å²) in [7, 11) is 0. The molecule has 3 aromatic rings. The number of aliphatic hydroxyl groups is 1. The summed E-state index contributed by atoms with van der Waals surface area (Å²) in [5.74, 6) is 0.731. The van der Waals surface area contributed by atoms with Crippen LogP contribution in [-0.4, -0.2) is 29.0 Å². The summed E-state index contributed by atoms with van der Waals surface area (Å²) >= 11 is 11.6. The van der Waals surface area contributed by atoms with Gasteiger partial charge in [0.15, 0.2) is 5.78 Å². The Labute approximate surface area is 214 Å². The molecule has 1 saturated heterocycles. The number of nitrogens with one attached hydrogen (secondary N) is 1. The van der Waals surface area contributed by atoms with E-state index in [0.717, 1.165) is 35.7 Å². The van der Waals surface area contributed by atoms with Crippen molar-refractivity contribution < 1.29 is 9.90 Å². The molecule has 0 saturated carbocycles. The first-order chi connectivity index (χ1) is 15.5. The lowest BCUT2D eigenvalue weighted by molar-refractivity contribution is 0.0993. The zero-order valence-corrected chi connectivity index (χ0v) is 19.4. The minimum absolute atomic E-state index is 0. The molecule has 0 aliphatic carbocycles. The van der Waals surface area contributed by atoms with Gasteiger partial charge < -0.3 is 10.4 Å². The van der Waals surface area contributed by atoms with Crippen molar-refractivity contribution >= 4 is 29.0 Å². The van der Waals surface area contributed by atoms with E-state index in [1.807, 2.05) is 36.4 Å². The maximum atomic E-state index is 11.9. The van der Waals surface area contributed by atoms with Gasteiger partial charge in [-0.1, -0.05) is 50.2 Å². The normalized spacial score (nSPS) is 14.0. The molecular weight excluding hydrogens is 467 g/mol. The fourth-order valence-corrected chi connectivity index (χ4v) is 3.93. The summed E-state index contributed by atoms with van der Waals surface area (Å²) in [5.41, 5.74) is 2.62. The maximum absolute atomic E-state index is 11.9. The Morgan fingerprint density at radius 3 is 2.00 bits per heavy atom. The average Bonchev–Trinajstić information content (AvgIpc) is 2.82. The van der Waals surface area contributed by atoms with E-state index in [1.165, 1.54) is 12.8 Å². The molecule has 1 aromatic heterocycles. The van der Waals surface area contributed by atoms with Crippen LogP contribution in [0.2, 0.25) is 10.0 Å². The number of halogens is 2. The number of piperidine rings is 1. The molecule has 0 amide bonds. The lowest BCUT2D eigenvalue weighted by Gasteiger charge is -2.24. The number of ketones is 1. The van der Waals surface area contributed by atoms with Crippen molar-refractivity contribution in [3.05, 3.63) is 99.8 Å². The number of benzene rings is 2. The third-order valence-electron chi connectivity index (χ3n) is 5.55. The molecule has 1 fully saturated rings. The Bertz CT molecular complexity index is 958. The second-order valence-corrected chi connectivity index (χ2v) is 8.83. The highest BCUT2D eigenvalue weighted by Crippen LogP contribution is 2.27. The molecule has 4 rings (SSSR count). The van der Waals surface area contributed by atoms with Crippen LogP contribution >= 0.6 is 23.2 Å². The van der Waals surface area contributed by atoms with Gasteiger partial charge in [-0.05, 0) is 97.9 Å². The lowest BCUT2D eigenvalue weighted by Crippen LogP contribution is -2.28. The van der Waals surface area contributed by atoms with E-state index in [-0.39, 0.29) is 26.7 Å². The Morgan fingerprint density at radius 1 is 0.912 bits per heavy atom. The molecule has 6 heteroatoms. The van der Waals surface area contributed by atoms with Gasteiger partial charge in [-0.25, -0.2) is 0 Å². The Hall–Kier alpha value is -2.24. The zero-order chi connectivity index (χ0) is 22.8. The fraction of sp³-hybridized carbons (Fsp3) is 0.357. The number of pyridine rings is 1. The van der Waals surface area contributed by atoms with Crippen molar-refractivity contribution in [1.82, 2.24) is 10.3 Å². The van der Waals surface area contributed by atoms with Crippen molar-refractivity contribution in [3.8, 4) is 0 Å². The SMILES string of the molecule is C.C.O=C(Cc1ccncc1)c1ccc(Cl)cc1.OC(CC1CCNCC1)c1ccc(Cl)cc1. The fourth-order valence-electron chi connectivity index (χ4n) is 3.68. The Morgan fingerprint density at radius 2 is 1.44 bits per heavy atom. The van der Waals surface area contributed by atoms with E-state index in [0.29, 0.717) is 22.9 Å². The number of aliphatic hydroxyl groups excluding tert-OH is 1. The standard InChI is InChI=1S/C13H18ClNO.C13H10ClNO.2CH4/c2*14-12-3-1-11(2-4-12)13(16)9-10-5-7-15-8-6-10;;/h1-4,10,13,15-16H,5-9H2;1-8H,9H2;2*1H4. The zero-order valence-electron chi connectivity index (χ0n) is 17.9. The van der Waals surface area contributed by atoms with E-state index in [1.54, 1.807) is 36.7 Å². The van der Waals surface area contributed by atoms with Crippen molar-refractivity contribution in [1.29, 1.82) is 0 Å². The molecule has 2 heterocycles. The van der Waals surface area contributed by atoms with Gasteiger partial charge in [0, 0.05) is 34.4 Å². The van der Waals surface area contributed by atoms with Crippen molar-refractivity contribution in [3.63, 3.8) is 0 Å². The van der Waals surface area contributed by atoms with E-state index in [9.17, 15) is 9.90 Å². The molecule has 4 nitrogen and oxygen atoms in total. The minimum Gasteiger partial charge on any atom is -0.388 e.